The van der Waals surface area contributed by atoms with Crippen molar-refractivity contribution >= 4 is 33.0 Å². The molecule has 3 aromatic rings. The quantitative estimate of drug-likeness (QED) is 0.571. The third-order valence-electron chi connectivity index (χ3n) is 4.96. The number of hydrogen-bond acceptors (Lipinski definition) is 6. The highest BCUT2D eigenvalue weighted by Crippen LogP contribution is 2.24. The molecule has 2 heterocycles. The van der Waals surface area contributed by atoms with Crippen LogP contribution in [-0.4, -0.2) is 31.5 Å². The Hall–Kier alpha value is -3.20. The van der Waals surface area contributed by atoms with E-state index in [1.807, 2.05) is 13.0 Å². The van der Waals surface area contributed by atoms with Gasteiger partial charge in [-0.2, -0.15) is 0 Å². The standard InChI is InChI=1S/C22H24FN5O2S/c1-16-24-21(14-22(25-16)28-12-2-3-13-28)26-19-8-10-20(11-9-19)27-31(29,30)15-17-4-6-18(23)7-5-17/h4-11,14,27H,2-3,12-13,15H2,1H3,(H,24,25,26). The number of halogens is 1. The van der Waals surface area contributed by atoms with E-state index in [2.05, 4.69) is 24.9 Å². The van der Waals surface area contributed by atoms with E-state index in [9.17, 15) is 12.8 Å². The Morgan fingerprint density at radius 3 is 2.29 bits per heavy atom. The molecule has 2 N–H and O–H groups in total. The molecule has 1 fully saturated rings. The van der Waals surface area contributed by atoms with Crippen LogP contribution in [-0.2, 0) is 15.8 Å². The summed E-state index contributed by atoms with van der Waals surface area (Å²) in [5.74, 6) is 1.67. The van der Waals surface area contributed by atoms with Gasteiger partial charge in [-0.1, -0.05) is 12.1 Å². The van der Waals surface area contributed by atoms with E-state index in [1.165, 1.54) is 37.1 Å². The average molecular weight is 442 g/mol. The lowest BCUT2D eigenvalue weighted by atomic mass is 10.2. The van der Waals surface area contributed by atoms with E-state index in [4.69, 9.17) is 0 Å². The number of anilines is 4. The lowest BCUT2D eigenvalue weighted by Gasteiger charge is -2.18. The Morgan fingerprint density at radius 1 is 0.968 bits per heavy atom. The zero-order chi connectivity index (χ0) is 21.8. The van der Waals surface area contributed by atoms with Crippen LogP contribution in [0.15, 0.2) is 54.6 Å². The molecule has 0 amide bonds. The van der Waals surface area contributed by atoms with Crippen molar-refractivity contribution < 1.29 is 12.8 Å². The fourth-order valence-corrected chi connectivity index (χ4v) is 4.71. The first-order chi connectivity index (χ1) is 14.9. The maximum atomic E-state index is 13.0. The highest BCUT2D eigenvalue weighted by atomic mass is 32.2. The van der Waals surface area contributed by atoms with E-state index in [0.29, 0.717) is 22.9 Å². The number of rotatable bonds is 7. The highest BCUT2D eigenvalue weighted by molar-refractivity contribution is 7.91. The summed E-state index contributed by atoms with van der Waals surface area (Å²) >= 11 is 0. The molecule has 1 aliphatic rings. The van der Waals surface area contributed by atoms with Gasteiger partial charge in [-0.3, -0.25) is 4.72 Å². The first kappa shape index (κ1) is 21.0. The summed E-state index contributed by atoms with van der Waals surface area (Å²) in [6.45, 7) is 3.87. The van der Waals surface area contributed by atoms with Crippen LogP contribution in [0.2, 0.25) is 0 Å². The molecule has 0 saturated carbocycles. The SMILES string of the molecule is Cc1nc(Nc2ccc(NS(=O)(=O)Cc3ccc(F)cc3)cc2)cc(N2CCCC2)n1. The largest absolute Gasteiger partial charge is 0.356 e. The summed E-state index contributed by atoms with van der Waals surface area (Å²) in [6.07, 6.45) is 2.34. The molecule has 0 bridgehead atoms. The smallest absolute Gasteiger partial charge is 0.236 e. The maximum Gasteiger partial charge on any atom is 0.236 e. The molecule has 0 radical (unpaired) electrons. The minimum absolute atomic E-state index is 0.229. The molecule has 0 atom stereocenters. The Labute approximate surface area is 181 Å². The van der Waals surface area contributed by atoms with Crippen LogP contribution in [0.4, 0.5) is 27.4 Å². The lowest BCUT2D eigenvalue weighted by Crippen LogP contribution is -2.19. The molecule has 0 unspecified atom stereocenters. The zero-order valence-electron chi connectivity index (χ0n) is 17.2. The van der Waals surface area contributed by atoms with Crippen molar-refractivity contribution in [3.63, 3.8) is 0 Å². The van der Waals surface area contributed by atoms with E-state index in [0.717, 1.165) is 24.6 Å². The molecule has 2 aromatic carbocycles. The van der Waals surface area contributed by atoms with Crippen LogP contribution < -0.4 is 14.9 Å². The Morgan fingerprint density at radius 2 is 1.61 bits per heavy atom. The molecule has 162 valence electrons. The first-order valence-electron chi connectivity index (χ1n) is 10.1. The van der Waals surface area contributed by atoms with E-state index < -0.39 is 15.8 Å². The summed E-state index contributed by atoms with van der Waals surface area (Å²) in [7, 11) is -3.61. The molecular formula is C22H24FN5O2S. The van der Waals surface area contributed by atoms with Crippen molar-refractivity contribution in [2.45, 2.75) is 25.5 Å². The Kier molecular flexibility index (Phi) is 6.03. The van der Waals surface area contributed by atoms with Crippen molar-refractivity contribution in [3.05, 3.63) is 71.8 Å². The van der Waals surface area contributed by atoms with Gasteiger partial charge in [-0.05, 0) is 61.7 Å². The third-order valence-corrected chi connectivity index (χ3v) is 6.22. The molecule has 7 nitrogen and oxygen atoms in total. The highest BCUT2D eigenvalue weighted by Gasteiger charge is 2.15. The van der Waals surface area contributed by atoms with Crippen LogP contribution in [0.5, 0.6) is 0 Å². The average Bonchev–Trinajstić information content (AvgIpc) is 3.25. The van der Waals surface area contributed by atoms with Gasteiger partial charge in [0.05, 0.1) is 5.75 Å². The molecule has 1 saturated heterocycles. The van der Waals surface area contributed by atoms with Gasteiger partial charge in [0.25, 0.3) is 0 Å². The van der Waals surface area contributed by atoms with E-state index in [-0.39, 0.29) is 5.75 Å². The van der Waals surface area contributed by atoms with Gasteiger partial charge in [-0.25, -0.2) is 22.8 Å². The van der Waals surface area contributed by atoms with Gasteiger partial charge in [-0.15, -0.1) is 0 Å². The summed E-state index contributed by atoms with van der Waals surface area (Å²) < 4.78 is 40.3. The van der Waals surface area contributed by atoms with Crippen molar-refractivity contribution in [3.8, 4) is 0 Å². The predicted molar refractivity (Wildman–Crippen MR) is 121 cm³/mol. The van der Waals surface area contributed by atoms with Crippen molar-refractivity contribution in [1.29, 1.82) is 0 Å². The third kappa shape index (κ3) is 5.69. The fraction of sp³-hybridized carbons (Fsp3) is 0.273. The van der Waals surface area contributed by atoms with Crippen LogP contribution in [0.1, 0.15) is 24.2 Å². The van der Waals surface area contributed by atoms with Gasteiger partial charge in [0.15, 0.2) is 0 Å². The van der Waals surface area contributed by atoms with Gasteiger partial charge >= 0.3 is 0 Å². The molecule has 31 heavy (non-hydrogen) atoms. The summed E-state index contributed by atoms with van der Waals surface area (Å²) in [6, 6.07) is 14.3. The summed E-state index contributed by atoms with van der Waals surface area (Å²) in [5.41, 5.74) is 1.75. The number of benzene rings is 2. The number of hydrogen-bond donors (Lipinski definition) is 2. The fourth-order valence-electron chi connectivity index (χ4n) is 3.51. The summed E-state index contributed by atoms with van der Waals surface area (Å²) in [5, 5.41) is 3.25. The number of nitrogens with zero attached hydrogens (tertiary/aromatic N) is 3. The van der Waals surface area contributed by atoms with Gasteiger partial charge in [0, 0.05) is 30.5 Å². The molecule has 0 spiro atoms. The minimum Gasteiger partial charge on any atom is -0.356 e. The second kappa shape index (κ2) is 8.89. The predicted octanol–water partition coefficient (Wildman–Crippen LogP) is 4.21. The van der Waals surface area contributed by atoms with Crippen LogP contribution >= 0.6 is 0 Å². The molecular weight excluding hydrogens is 417 g/mol. The van der Waals surface area contributed by atoms with Crippen LogP contribution in [0.3, 0.4) is 0 Å². The van der Waals surface area contributed by atoms with Crippen LogP contribution in [0.25, 0.3) is 0 Å². The molecule has 4 rings (SSSR count). The summed E-state index contributed by atoms with van der Waals surface area (Å²) in [4.78, 5) is 11.2. The normalized spacial score (nSPS) is 13.9. The molecule has 1 aromatic heterocycles. The number of sulfonamides is 1. The lowest BCUT2D eigenvalue weighted by molar-refractivity contribution is 0.600. The van der Waals surface area contributed by atoms with Crippen molar-refractivity contribution in [1.82, 2.24) is 9.97 Å². The van der Waals surface area contributed by atoms with Crippen molar-refractivity contribution in [2.24, 2.45) is 0 Å². The molecule has 1 aliphatic heterocycles. The second-order valence-corrected chi connectivity index (χ2v) is 9.27. The molecule has 9 heteroatoms. The Balaban J connectivity index is 1.42. The maximum absolute atomic E-state index is 13.0. The Bertz CT molecular complexity index is 1150. The van der Waals surface area contributed by atoms with Crippen molar-refractivity contribution in [2.75, 3.05) is 28.0 Å². The monoisotopic (exact) mass is 441 g/mol. The van der Waals surface area contributed by atoms with Gasteiger partial charge in [0.1, 0.15) is 23.3 Å². The number of nitrogens with one attached hydrogen (secondary N) is 2. The van der Waals surface area contributed by atoms with E-state index >= 15 is 0 Å². The topological polar surface area (TPSA) is 87.2 Å². The second-order valence-electron chi connectivity index (χ2n) is 7.54. The number of aryl methyl sites for hydroxylation is 1. The molecule has 0 aliphatic carbocycles. The van der Waals surface area contributed by atoms with Gasteiger partial charge in [0.2, 0.25) is 10.0 Å². The zero-order valence-corrected chi connectivity index (χ0v) is 18.0. The minimum atomic E-state index is -3.61. The number of aromatic nitrogens is 2. The van der Waals surface area contributed by atoms with Gasteiger partial charge < -0.3 is 10.2 Å². The van der Waals surface area contributed by atoms with E-state index in [1.54, 1.807) is 24.3 Å². The first-order valence-corrected chi connectivity index (χ1v) is 11.7. The van der Waals surface area contributed by atoms with Crippen LogP contribution in [0, 0.1) is 12.7 Å².